The van der Waals surface area contributed by atoms with Crippen LogP contribution in [-0.4, -0.2) is 44.6 Å². The third-order valence-electron chi connectivity index (χ3n) is 0.805. The first-order valence-electron chi connectivity index (χ1n) is 2.28. The second-order valence-corrected chi connectivity index (χ2v) is 1.57. The molecule has 2 unspecified atom stereocenters. The van der Waals surface area contributed by atoms with E-state index in [9.17, 15) is 9.59 Å². The molecule has 4 N–H and O–H groups in total. The van der Waals surface area contributed by atoms with Crippen molar-refractivity contribution in [3.05, 3.63) is 0 Å². The van der Waals surface area contributed by atoms with Crippen LogP contribution >= 0.6 is 0 Å². The number of aliphatic hydroxyl groups excluding tert-OH is 2. The standard InChI is InChI=1S/C4H6O6.Na.Zr.H/c5-1(3(7)8)2(6)4(9)10;;;/h1-2,5-6H,(H,7,8)(H,9,10);;;/q;+1;;-1. The number of hydrogen-bond donors (Lipinski definition) is 4. The Morgan fingerprint density at radius 2 is 1.17 bits per heavy atom. The van der Waals surface area contributed by atoms with Crippen molar-refractivity contribution in [3.8, 4) is 0 Å². The fourth-order valence-electron chi connectivity index (χ4n) is 0.270. The Balaban J connectivity index is -0.000000135. The zero-order valence-electron chi connectivity index (χ0n) is 7.26. The van der Waals surface area contributed by atoms with Gasteiger partial charge in [-0.2, -0.15) is 0 Å². The van der Waals surface area contributed by atoms with E-state index in [1.54, 1.807) is 0 Å². The van der Waals surface area contributed by atoms with Crippen LogP contribution in [0.5, 0.6) is 0 Å². The van der Waals surface area contributed by atoms with Gasteiger partial charge in [0.15, 0.2) is 12.2 Å². The Kier molecular flexibility index (Phi) is 12.9. The van der Waals surface area contributed by atoms with Crippen LogP contribution in [0.25, 0.3) is 0 Å². The molecule has 0 aliphatic heterocycles. The molecule has 0 saturated heterocycles. The molecule has 0 radical (unpaired) electrons. The molecule has 0 aliphatic rings. The monoisotopic (exact) mass is 264 g/mol. The van der Waals surface area contributed by atoms with E-state index in [2.05, 4.69) is 0 Å². The van der Waals surface area contributed by atoms with Crippen LogP contribution in [0.2, 0.25) is 0 Å². The third kappa shape index (κ3) is 6.28. The topological polar surface area (TPSA) is 115 Å². The van der Waals surface area contributed by atoms with E-state index in [1.807, 2.05) is 0 Å². The van der Waals surface area contributed by atoms with Crippen LogP contribution < -0.4 is 29.6 Å². The third-order valence-corrected chi connectivity index (χ3v) is 0.805. The van der Waals surface area contributed by atoms with Gasteiger partial charge >= 0.3 is 41.5 Å². The maximum Gasteiger partial charge on any atom is 1.00 e. The first-order chi connectivity index (χ1) is 4.46. The minimum absolute atomic E-state index is 0. The molecular formula is C4H7NaO6Zr. The van der Waals surface area contributed by atoms with Crippen LogP contribution in [0.1, 0.15) is 1.43 Å². The molecule has 0 rings (SSSR count). The maximum atomic E-state index is 9.77. The Hall–Kier alpha value is 0.743. The summed E-state index contributed by atoms with van der Waals surface area (Å²) in [5.41, 5.74) is 0. The van der Waals surface area contributed by atoms with E-state index in [4.69, 9.17) is 20.4 Å². The number of aliphatic carboxylic acids is 2. The molecule has 0 aliphatic carbocycles. The van der Waals surface area contributed by atoms with E-state index in [-0.39, 0.29) is 57.2 Å². The molecule has 0 amide bonds. The first-order valence-corrected chi connectivity index (χ1v) is 2.28. The Morgan fingerprint density at radius 1 is 1.00 bits per heavy atom. The molecular weight excluding hydrogens is 258 g/mol. The molecule has 12 heavy (non-hydrogen) atoms. The largest absolute Gasteiger partial charge is 1.00 e. The molecule has 0 aromatic rings. The number of rotatable bonds is 3. The second kappa shape index (κ2) is 8.35. The fourth-order valence-corrected chi connectivity index (χ4v) is 0.270. The molecule has 0 aromatic heterocycles. The SMILES string of the molecule is O=C(O)C(O)C(O)C(=O)O.[H-].[Na+].[Zr]. The number of carboxylic acids is 2. The molecule has 0 bridgehead atoms. The first kappa shape index (κ1) is 18.5. The summed E-state index contributed by atoms with van der Waals surface area (Å²) in [6.07, 6.45) is -4.53. The summed E-state index contributed by atoms with van der Waals surface area (Å²) in [5.74, 6) is -3.54. The van der Waals surface area contributed by atoms with Gasteiger partial charge in [-0.25, -0.2) is 9.59 Å². The van der Waals surface area contributed by atoms with Crippen LogP contribution in [0, 0.1) is 0 Å². The second-order valence-electron chi connectivity index (χ2n) is 1.57. The van der Waals surface area contributed by atoms with Gasteiger partial charge in [-0.05, 0) is 0 Å². The Morgan fingerprint density at radius 3 is 1.25 bits per heavy atom. The zero-order valence-corrected chi connectivity index (χ0v) is 10.7. The summed E-state index contributed by atoms with van der Waals surface area (Å²) < 4.78 is 0. The van der Waals surface area contributed by atoms with Gasteiger partial charge in [0.05, 0.1) is 0 Å². The van der Waals surface area contributed by atoms with Crippen molar-refractivity contribution < 1.29 is 87.2 Å². The van der Waals surface area contributed by atoms with E-state index in [0.29, 0.717) is 0 Å². The maximum absolute atomic E-state index is 9.77. The van der Waals surface area contributed by atoms with E-state index in [0.717, 1.165) is 0 Å². The van der Waals surface area contributed by atoms with Crippen LogP contribution in [0.15, 0.2) is 0 Å². The number of carboxylic acid groups (broad SMARTS) is 2. The summed E-state index contributed by atoms with van der Waals surface area (Å²) >= 11 is 0. The Labute approximate surface area is 110 Å². The molecule has 0 aromatic carbocycles. The molecule has 0 saturated carbocycles. The Bertz CT molecular complexity index is 149. The summed E-state index contributed by atoms with van der Waals surface area (Å²) in [4.78, 5) is 19.5. The number of carbonyl (C=O) groups is 2. The quantitative estimate of drug-likeness (QED) is 0.380. The van der Waals surface area contributed by atoms with Gasteiger partial charge in [0, 0.05) is 26.2 Å². The van der Waals surface area contributed by atoms with Gasteiger partial charge in [0.25, 0.3) is 0 Å². The van der Waals surface area contributed by atoms with Crippen molar-refractivity contribution in [1.29, 1.82) is 0 Å². The van der Waals surface area contributed by atoms with Gasteiger partial charge in [0.2, 0.25) is 0 Å². The van der Waals surface area contributed by atoms with Gasteiger partial charge in [-0.15, -0.1) is 0 Å². The molecule has 2 atom stereocenters. The summed E-state index contributed by atoms with van der Waals surface area (Å²) in [7, 11) is 0. The smallest absolute Gasteiger partial charge is 1.00 e. The number of aliphatic hydroxyl groups is 2. The van der Waals surface area contributed by atoms with Gasteiger partial charge < -0.3 is 21.9 Å². The van der Waals surface area contributed by atoms with Gasteiger partial charge in [-0.1, -0.05) is 0 Å². The fraction of sp³-hybridized carbons (Fsp3) is 0.500. The average Bonchev–Trinajstić information content (AvgIpc) is 1.84. The van der Waals surface area contributed by atoms with Gasteiger partial charge in [0.1, 0.15) is 0 Å². The van der Waals surface area contributed by atoms with Crippen LogP contribution in [0.4, 0.5) is 0 Å². The van der Waals surface area contributed by atoms with Crippen molar-refractivity contribution in [2.24, 2.45) is 0 Å². The molecule has 8 heteroatoms. The van der Waals surface area contributed by atoms with Crippen molar-refractivity contribution in [3.63, 3.8) is 0 Å². The van der Waals surface area contributed by atoms with E-state index >= 15 is 0 Å². The normalized spacial score (nSPS) is 13.2. The minimum Gasteiger partial charge on any atom is -1.00 e. The van der Waals surface area contributed by atoms with Crippen LogP contribution in [-0.2, 0) is 35.8 Å². The van der Waals surface area contributed by atoms with Crippen molar-refractivity contribution in [2.75, 3.05) is 0 Å². The van der Waals surface area contributed by atoms with Crippen LogP contribution in [0.3, 0.4) is 0 Å². The summed E-state index contributed by atoms with van der Waals surface area (Å²) in [6.45, 7) is 0. The number of hydrogen-bond acceptors (Lipinski definition) is 4. The summed E-state index contributed by atoms with van der Waals surface area (Å²) in [5, 5.41) is 32.5. The molecule has 0 spiro atoms. The van der Waals surface area contributed by atoms with Crippen molar-refractivity contribution in [1.82, 2.24) is 0 Å². The summed E-state index contributed by atoms with van der Waals surface area (Å²) in [6, 6.07) is 0. The minimum atomic E-state index is -2.27. The predicted molar refractivity (Wildman–Crippen MR) is 28.4 cm³/mol. The van der Waals surface area contributed by atoms with Crippen molar-refractivity contribution >= 4 is 11.9 Å². The average molecular weight is 265 g/mol. The van der Waals surface area contributed by atoms with E-state index in [1.165, 1.54) is 0 Å². The van der Waals surface area contributed by atoms with Gasteiger partial charge in [-0.3, -0.25) is 0 Å². The molecule has 64 valence electrons. The zero-order chi connectivity index (χ0) is 8.31. The molecule has 0 heterocycles. The van der Waals surface area contributed by atoms with E-state index < -0.39 is 24.1 Å². The predicted octanol–water partition coefficient (Wildman–Crippen LogP) is -5.01. The van der Waals surface area contributed by atoms with Crippen molar-refractivity contribution in [2.45, 2.75) is 12.2 Å². The molecule has 6 nitrogen and oxygen atoms in total. The molecule has 0 fully saturated rings.